The molecule has 3 rings (SSSR count). The molecular weight excluding hydrogens is 322 g/mol. The summed E-state index contributed by atoms with van der Waals surface area (Å²) in [5.41, 5.74) is 2.15. The van der Waals surface area contributed by atoms with Gasteiger partial charge < -0.3 is 10.2 Å². The Morgan fingerprint density at radius 3 is 2.71 bits per heavy atom. The molecule has 1 N–H and O–H groups in total. The lowest BCUT2D eigenvalue weighted by Crippen LogP contribution is -2.31. The number of anilines is 1. The van der Waals surface area contributed by atoms with E-state index in [1.54, 1.807) is 4.90 Å². The van der Waals surface area contributed by atoms with Crippen molar-refractivity contribution in [2.24, 2.45) is 0 Å². The van der Waals surface area contributed by atoms with E-state index in [0.717, 1.165) is 11.3 Å². The molecule has 24 heavy (non-hydrogen) atoms. The van der Waals surface area contributed by atoms with Crippen molar-refractivity contribution in [3.8, 4) is 0 Å². The first-order valence-electron chi connectivity index (χ1n) is 8.16. The molecule has 1 heterocycles. The van der Waals surface area contributed by atoms with Crippen molar-refractivity contribution in [1.82, 2.24) is 9.88 Å². The van der Waals surface area contributed by atoms with Crippen molar-refractivity contribution in [2.45, 2.75) is 38.6 Å². The first-order chi connectivity index (χ1) is 11.6. The highest BCUT2D eigenvalue weighted by Crippen LogP contribution is 2.40. The molecule has 0 atom stereocenters. The predicted molar refractivity (Wildman–Crippen MR) is 94.9 cm³/mol. The summed E-state index contributed by atoms with van der Waals surface area (Å²) in [4.78, 5) is 30.0. The van der Waals surface area contributed by atoms with Crippen molar-refractivity contribution in [1.29, 1.82) is 0 Å². The number of nitrogens with zero attached hydrogens (tertiary/aromatic N) is 2. The van der Waals surface area contributed by atoms with Gasteiger partial charge in [0, 0.05) is 37.7 Å². The lowest BCUT2D eigenvalue weighted by molar-refractivity contribution is -0.129. The summed E-state index contributed by atoms with van der Waals surface area (Å²) in [7, 11) is 0. The third-order valence-corrected chi connectivity index (χ3v) is 4.81. The normalized spacial score (nSPS) is 13.5. The number of hydrogen-bond acceptors (Lipinski definition) is 4. The van der Waals surface area contributed by atoms with Crippen LogP contribution in [0.25, 0.3) is 0 Å². The summed E-state index contributed by atoms with van der Waals surface area (Å²) in [5.74, 6) is 0.453. The van der Waals surface area contributed by atoms with E-state index >= 15 is 0 Å². The SMILES string of the molecule is CC(=O)N(CCC(=O)Nc1nc(C2CC2)cs1)Cc1ccccc1. The standard InChI is InChI=1S/C18H21N3O2S/c1-13(22)21(11-14-5-3-2-4-6-14)10-9-17(23)20-18-19-16(12-24-18)15-7-8-15/h2-6,12,15H,7-11H2,1H3,(H,19,20,23). The minimum atomic E-state index is -0.106. The van der Waals surface area contributed by atoms with E-state index in [0.29, 0.717) is 24.1 Å². The molecule has 0 saturated heterocycles. The average molecular weight is 343 g/mol. The number of carbonyl (C=O) groups excluding carboxylic acids is 2. The molecule has 1 aliphatic carbocycles. The maximum Gasteiger partial charge on any atom is 0.227 e. The average Bonchev–Trinajstić information content (AvgIpc) is 3.32. The summed E-state index contributed by atoms with van der Waals surface area (Å²) >= 11 is 1.47. The molecule has 0 radical (unpaired) electrons. The summed E-state index contributed by atoms with van der Waals surface area (Å²) in [6.45, 7) is 2.45. The van der Waals surface area contributed by atoms with Crippen molar-refractivity contribution in [2.75, 3.05) is 11.9 Å². The molecule has 1 aromatic carbocycles. The third kappa shape index (κ3) is 4.64. The Morgan fingerprint density at radius 2 is 2.04 bits per heavy atom. The number of amides is 2. The Balaban J connectivity index is 1.49. The monoisotopic (exact) mass is 343 g/mol. The van der Waals surface area contributed by atoms with Gasteiger partial charge >= 0.3 is 0 Å². The fourth-order valence-corrected chi connectivity index (χ4v) is 3.29. The van der Waals surface area contributed by atoms with Gasteiger partial charge in [-0.05, 0) is 18.4 Å². The highest BCUT2D eigenvalue weighted by atomic mass is 32.1. The van der Waals surface area contributed by atoms with Crippen LogP contribution in [0.1, 0.15) is 43.4 Å². The van der Waals surface area contributed by atoms with Crippen LogP contribution in [0.4, 0.5) is 5.13 Å². The maximum absolute atomic E-state index is 12.1. The van der Waals surface area contributed by atoms with Gasteiger partial charge in [-0.2, -0.15) is 0 Å². The Morgan fingerprint density at radius 1 is 1.29 bits per heavy atom. The van der Waals surface area contributed by atoms with E-state index < -0.39 is 0 Å². The second-order valence-electron chi connectivity index (χ2n) is 6.08. The van der Waals surface area contributed by atoms with Crippen molar-refractivity contribution < 1.29 is 9.59 Å². The molecule has 2 aromatic rings. The molecule has 0 aliphatic heterocycles. The molecule has 5 nitrogen and oxygen atoms in total. The van der Waals surface area contributed by atoms with Crippen LogP contribution in [0.5, 0.6) is 0 Å². The Kier molecular flexibility index (Phi) is 5.25. The predicted octanol–water partition coefficient (Wildman–Crippen LogP) is 3.40. The maximum atomic E-state index is 12.1. The highest BCUT2D eigenvalue weighted by molar-refractivity contribution is 7.13. The molecule has 126 valence electrons. The fourth-order valence-electron chi connectivity index (χ4n) is 2.48. The third-order valence-electron chi connectivity index (χ3n) is 4.03. The first kappa shape index (κ1) is 16.6. The van der Waals surface area contributed by atoms with E-state index in [1.165, 1.54) is 31.1 Å². The van der Waals surface area contributed by atoms with Gasteiger partial charge in [0.2, 0.25) is 11.8 Å². The molecule has 0 bridgehead atoms. The summed E-state index contributed by atoms with van der Waals surface area (Å²) in [6.07, 6.45) is 2.67. The number of rotatable bonds is 7. The van der Waals surface area contributed by atoms with Gasteiger partial charge in [-0.3, -0.25) is 9.59 Å². The van der Waals surface area contributed by atoms with E-state index in [2.05, 4.69) is 10.3 Å². The van der Waals surface area contributed by atoms with Crippen LogP contribution in [0, 0.1) is 0 Å². The van der Waals surface area contributed by atoms with Crippen molar-refractivity contribution in [3.05, 3.63) is 47.0 Å². The van der Waals surface area contributed by atoms with Crippen molar-refractivity contribution in [3.63, 3.8) is 0 Å². The van der Waals surface area contributed by atoms with Crippen LogP contribution in [-0.4, -0.2) is 28.2 Å². The van der Waals surface area contributed by atoms with Crippen LogP contribution in [0.15, 0.2) is 35.7 Å². The van der Waals surface area contributed by atoms with Crippen LogP contribution >= 0.6 is 11.3 Å². The van der Waals surface area contributed by atoms with E-state index in [9.17, 15) is 9.59 Å². The zero-order chi connectivity index (χ0) is 16.9. The lowest BCUT2D eigenvalue weighted by atomic mass is 10.2. The molecule has 1 saturated carbocycles. The number of thiazole rings is 1. The molecular formula is C18H21N3O2S. The second-order valence-corrected chi connectivity index (χ2v) is 6.93. The number of benzene rings is 1. The van der Waals surface area contributed by atoms with Gasteiger partial charge in [0.1, 0.15) is 0 Å². The number of nitrogens with one attached hydrogen (secondary N) is 1. The lowest BCUT2D eigenvalue weighted by Gasteiger charge is -2.20. The van der Waals surface area contributed by atoms with Gasteiger partial charge in [0.05, 0.1) is 5.69 Å². The Labute approximate surface area is 145 Å². The molecule has 1 fully saturated rings. The van der Waals surface area contributed by atoms with Gasteiger partial charge in [0.15, 0.2) is 5.13 Å². The van der Waals surface area contributed by atoms with Crippen LogP contribution < -0.4 is 5.32 Å². The van der Waals surface area contributed by atoms with Crippen LogP contribution in [0.3, 0.4) is 0 Å². The Hall–Kier alpha value is -2.21. The van der Waals surface area contributed by atoms with Crippen LogP contribution in [0.2, 0.25) is 0 Å². The molecule has 0 spiro atoms. The summed E-state index contributed by atoms with van der Waals surface area (Å²) in [5, 5.41) is 5.50. The first-order valence-corrected chi connectivity index (χ1v) is 9.04. The van der Waals surface area contributed by atoms with Crippen LogP contribution in [-0.2, 0) is 16.1 Å². The smallest absolute Gasteiger partial charge is 0.227 e. The van der Waals surface area contributed by atoms with Gasteiger partial charge in [0.25, 0.3) is 0 Å². The highest BCUT2D eigenvalue weighted by Gasteiger charge is 2.26. The minimum absolute atomic E-state index is 0.0306. The van der Waals surface area contributed by atoms with E-state index in [-0.39, 0.29) is 18.2 Å². The second kappa shape index (κ2) is 7.57. The molecule has 6 heteroatoms. The van der Waals surface area contributed by atoms with Crippen molar-refractivity contribution >= 4 is 28.3 Å². The molecule has 0 unspecified atom stereocenters. The summed E-state index contributed by atoms with van der Waals surface area (Å²) in [6, 6.07) is 9.79. The molecule has 1 aromatic heterocycles. The largest absolute Gasteiger partial charge is 0.338 e. The Bertz CT molecular complexity index is 710. The molecule has 1 aliphatic rings. The zero-order valence-electron chi connectivity index (χ0n) is 13.7. The molecule has 2 amide bonds. The van der Waals surface area contributed by atoms with Gasteiger partial charge in [-0.25, -0.2) is 4.98 Å². The van der Waals surface area contributed by atoms with Gasteiger partial charge in [-0.15, -0.1) is 11.3 Å². The number of carbonyl (C=O) groups is 2. The fraction of sp³-hybridized carbons (Fsp3) is 0.389. The van der Waals surface area contributed by atoms with E-state index in [4.69, 9.17) is 0 Å². The number of aromatic nitrogens is 1. The van der Waals surface area contributed by atoms with Gasteiger partial charge in [-0.1, -0.05) is 30.3 Å². The van der Waals surface area contributed by atoms with E-state index in [1.807, 2.05) is 35.7 Å². The summed E-state index contributed by atoms with van der Waals surface area (Å²) < 4.78 is 0. The zero-order valence-corrected chi connectivity index (χ0v) is 14.5. The minimum Gasteiger partial charge on any atom is -0.338 e. The quantitative estimate of drug-likeness (QED) is 0.838. The topological polar surface area (TPSA) is 62.3 Å². The number of hydrogen-bond donors (Lipinski definition) is 1.